The van der Waals surface area contributed by atoms with Gasteiger partial charge in [0, 0.05) is 0 Å². The zero-order chi connectivity index (χ0) is 10.4. The van der Waals surface area contributed by atoms with Gasteiger partial charge >= 0.3 is 98.3 Å². The summed E-state index contributed by atoms with van der Waals surface area (Å²) in [5.41, 5.74) is 5.71. The van der Waals surface area contributed by atoms with Crippen LogP contribution in [-0.4, -0.2) is 0 Å². The zero-order valence-electron chi connectivity index (χ0n) is 8.53. The van der Waals surface area contributed by atoms with Crippen molar-refractivity contribution in [3.8, 4) is 11.1 Å². The second kappa shape index (κ2) is 3.24. The molecule has 2 aromatic carbocycles. The first-order chi connectivity index (χ1) is 7.29. The van der Waals surface area contributed by atoms with Crippen molar-refractivity contribution in [1.82, 2.24) is 0 Å². The molecule has 1 aliphatic carbocycles. The Morgan fingerprint density at radius 1 is 0.933 bits per heavy atom. The third kappa shape index (κ3) is 1.21. The molecule has 0 saturated heterocycles. The summed E-state index contributed by atoms with van der Waals surface area (Å²) in [5.74, 6) is 0.522. The van der Waals surface area contributed by atoms with Crippen molar-refractivity contribution in [1.29, 1.82) is 0 Å². The van der Waals surface area contributed by atoms with Crippen LogP contribution in [0.15, 0.2) is 42.5 Å². The summed E-state index contributed by atoms with van der Waals surface area (Å²) in [6.45, 7) is 2.28. The zero-order valence-corrected chi connectivity index (χ0v) is 9.80. The van der Waals surface area contributed by atoms with Gasteiger partial charge in [0.25, 0.3) is 0 Å². The predicted octanol–water partition coefficient (Wildman–Crippen LogP) is 2.99. The molecule has 0 aliphatic heterocycles. The predicted molar refractivity (Wildman–Crippen MR) is 59.0 cm³/mol. The monoisotopic (exact) mass is 231 g/mol. The standard InChI is InChI=1S/C14H11.Cr/c1-10-11-6-2-4-8-13(11)14-9-5-3-7-12(10)14;/h2-6,8-10H,1H3;. The molecule has 1 aliphatic rings. The van der Waals surface area contributed by atoms with Crippen LogP contribution < -0.4 is 4.43 Å². The Hall–Kier alpha value is -1.03. The quantitative estimate of drug-likeness (QED) is 0.654. The Balaban J connectivity index is 2.37. The molecule has 1 atom stereocenters. The van der Waals surface area contributed by atoms with E-state index in [0.29, 0.717) is 5.92 Å². The molecule has 0 spiro atoms. The molecule has 15 heavy (non-hydrogen) atoms. The summed E-state index contributed by atoms with van der Waals surface area (Å²) in [7, 11) is 0. The molecule has 0 bridgehead atoms. The molecular formula is C14H11Cr. The van der Waals surface area contributed by atoms with Gasteiger partial charge in [-0.25, -0.2) is 0 Å². The van der Waals surface area contributed by atoms with Gasteiger partial charge in [-0.1, -0.05) is 0 Å². The fourth-order valence-electron chi connectivity index (χ4n) is 2.50. The molecule has 0 fully saturated rings. The van der Waals surface area contributed by atoms with Crippen molar-refractivity contribution in [2.24, 2.45) is 0 Å². The number of fused-ring (bicyclic) bond motifs is 3. The Labute approximate surface area is 98.4 Å². The summed E-state index contributed by atoms with van der Waals surface area (Å²) < 4.78 is 1.29. The van der Waals surface area contributed by atoms with Gasteiger partial charge in [-0.2, -0.15) is 0 Å². The van der Waals surface area contributed by atoms with Crippen molar-refractivity contribution in [2.45, 2.75) is 12.8 Å². The molecule has 3 rings (SSSR count). The maximum atomic E-state index is 3.17. The fraction of sp³-hybridized carbons (Fsp3) is 0.143. The Morgan fingerprint density at radius 3 is 2.53 bits per heavy atom. The van der Waals surface area contributed by atoms with E-state index in [1.807, 2.05) is 0 Å². The van der Waals surface area contributed by atoms with Crippen molar-refractivity contribution >= 4 is 4.43 Å². The van der Waals surface area contributed by atoms with Gasteiger partial charge in [0.05, 0.1) is 0 Å². The molecule has 0 amide bonds. The Kier molecular flexibility index (Phi) is 1.99. The van der Waals surface area contributed by atoms with Crippen LogP contribution in [0.4, 0.5) is 0 Å². The van der Waals surface area contributed by atoms with Crippen LogP contribution in [0.5, 0.6) is 0 Å². The van der Waals surface area contributed by atoms with Crippen LogP contribution >= 0.6 is 0 Å². The number of benzene rings is 2. The van der Waals surface area contributed by atoms with Gasteiger partial charge < -0.3 is 0 Å². The molecular weight excluding hydrogens is 220 g/mol. The molecule has 0 aromatic heterocycles. The van der Waals surface area contributed by atoms with E-state index >= 15 is 0 Å². The second-order valence-electron chi connectivity index (χ2n) is 4.03. The number of hydrogen-bond donors (Lipinski definition) is 0. The van der Waals surface area contributed by atoms with Gasteiger partial charge in [0.2, 0.25) is 0 Å². The summed E-state index contributed by atoms with van der Waals surface area (Å²) in [5, 5.41) is 0. The normalized spacial score (nSPS) is 17.3. The molecule has 0 N–H and O–H groups in total. The van der Waals surface area contributed by atoms with Crippen molar-refractivity contribution in [3.05, 3.63) is 53.6 Å². The van der Waals surface area contributed by atoms with E-state index in [2.05, 4.69) is 65.7 Å². The van der Waals surface area contributed by atoms with Crippen molar-refractivity contribution in [3.63, 3.8) is 0 Å². The van der Waals surface area contributed by atoms with Gasteiger partial charge in [-0.15, -0.1) is 0 Å². The van der Waals surface area contributed by atoms with Crippen LogP contribution in [-0.2, 0) is 16.3 Å². The first kappa shape index (κ1) is 9.22. The third-order valence-corrected chi connectivity index (χ3v) is 3.77. The molecule has 0 saturated carbocycles. The van der Waals surface area contributed by atoms with Gasteiger partial charge in [-0.3, -0.25) is 0 Å². The van der Waals surface area contributed by atoms with E-state index in [4.69, 9.17) is 0 Å². The van der Waals surface area contributed by atoms with E-state index in [0.717, 1.165) is 0 Å². The second-order valence-corrected chi connectivity index (χ2v) is 4.71. The Bertz CT molecular complexity index is 529. The van der Waals surface area contributed by atoms with Crippen LogP contribution in [0.1, 0.15) is 24.0 Å². The van der Waals surface area contributed by atoms with Gasteiger partial charge in [0.1, 0.15) is 0 Å². The number of hydrogen-bond acceptors (Lipinski definition) is 0. The van der Waals surface area contributed by atoms with Crippen molar-refractivity contribution in [2.75, 3.05) is 0 Å². The molecule has 73 valence electrons. The first-order valence-electron chi connectivity index (χ1n) is 5.18. The SMILES string of the molecule is CC1c2ccccc2-c2ccc[c]([Cr])c21. The van der Waals surface area contributed by atoms with Gasteiger partial charge in [0.15, 0.2) is 0 Å². The minimum absolute atomic E-state index is 0.522. The third-order valence-electron chi connectivity index (χ3n) is 3.22. The van der Waals surface area contributed by atoms with E-state index in [1.54, 1.807) is 0 Å². The topological polar surface area (TPSA) is 0 Å². The summed E-state index contributed by atoms with van der Waals surface area (Å²) >= 11 is 3.17. The minimum atomic E-state index is 0.522. The molecule has 0 radical (unpaired) electrons. The average molecular weight is 231 g/mol. The summed E-state index contributed by atoms with van der Waals surface area (Å²) in [6.07, 6.45) is 0. The van der Waals surface area contributed by atoms with Crippen LogP contribution in [0.25, 0.3) is 11.1 Å². The molecule has 2 aromatic rings. The van der Waals surface area contributed by atoms with E-state index in [1.165, 1.54) is 26.7 Å². The first-order valence-corrected chi connectivity index (χ1v) is 5.82. The number of rotatable bonds is 0. The van der Waals surface area contributed by atoms with E-state index in [9.17, 15) is 0 Å². The molecule has 1 heteroatoms. The van der Waals surface area contributed by atoms with Crippen LogP contribution in [0.2, 0.25) is 0 Å². The maximum absolute atomic E-state index is 3.17. The summed E-state index contributed by atoms with van der Waals surface area (Å²) in [4.78, 5) is 0. The molecule has 0 heterocycles. The Morgan fingerprint density at radius 2 is 1.67 bits per heavy atom. The van der Waals surface area contributed by atoms with E-state index in [-0.39, 0.29) is 0 Å². The molecule has 1 unspecified atom stereocenters. The molecule has 0 nitrogen and oxygen atoms in total. The average Bonchev–Trinajstić information content (AvgIpc) is 2.55. The van der Waals surface area contributed by atoms with Crippen molar-refractivity contribution < 1.29 is 16.3 Å². The fourth-order valence-corrected chi connectivity index (χ4v) is 3.07. The van der Waals surface area contributed by atoms with E-state index < -0.39 is 0 Å². The summed E-state index contributed by atoms with van der Waals surface area (Å²) in [6, 6.07) is 15.2. The van der Waals surface area contributed by atoms with Crippen LogP contribution in [0.3, 0.4) is 0 Å². The van der Waals surface area contributed by atoms with Gasteiger partial charge in [-0.05, 0) is 0 Å². The van der Waals surface area contributed by atoms with Crippen LogP contribution in [0, 0.1) is 0 Å².